The van der Waals surface area contributed by atoms with E-state index in [1.54, 1.807) is 0 Å². The van der Waals surface area contributed by atoms with Gasteiger partial charge in [0.15, 0.2) is 0 Å². The lowest BCUT2D eigenvalue weighted by Gasteiger charge is -2.26. The molecule has 1 aliphatic carbocycles. The highest BCUT2D eigenvalue weighted by atomic mass is 35.5. The third-order valence-corrected chi connectivity index (χ3v) is 3.77. The molecule has 0 aromatic heterocycles. The van der Waals surface area contributed by atoms with Gasteiger partial charge in [-0.05, 0) is 39.3 Å². The fourth-order valence-electron chi connectivity index (χ4n) is 2.52. The molecular formula is C14H31Cl2N3O. The third-order valence-electron chi connectivity index (χ3n) is 3.77. The summed E-state index contributed by atoms with van der Waals surface area (Å²) in [6.45, 7) is 5.00. The number of halogens is 2. The van der Waals surface area contributed by atoms with Crippen molar-refractivity contribution in [2.45, 2.75) is 51.5 Å². The molecule has 2 unspecified atom stereocenters. The molecular weight excluding hydrogens is 297 g/mol. The number of nitrogens with zero attached hydrogens (tertiary/aromatic N) is 1. The second-order valence-corrected chi connectivity index (χ2v) is 5.57. The van der Waals surface area contributed by atoms with Gasteiger partial charge >= 0.3 is 0 Å². The van der Waals surface area contributed by atoms with Crippen molar-refractivity contribution in [2.24, 2.45) is 11.7 Å². The second kappa shape index (κ2) is 12.7. The van der Waals surface area contributed by atoms with Crippen molar-refractivity contribution in [1.29, 1.82) is 0 Å². The van der Waals surface area contributed by atoms with Crippen LogP contribution in [0.2, 0.25) is 0 Å². The highest BCUT2D eigenvalue weighted by molar-refractivity contribution is 5.85. The zero-order chi connectivity index (χ0) is 13.4. The fraction of sp³-hybridized carbons (Fsp3) is 0.929. The molecule has 0 saturated heterocycles. The summed E-state index contributed by atoms with van der Waals surface area (Å²) in [5, 5.41) is 3.04. The SMILES string of the molecule is CCCCN(C)CCNC(=O)C1CCCC(N)C1.Cl.Cl. The lowest BCUT2D eigenvalue weighted by Crippen LogP contribution is -2.40. The summed E-state index contributed by atoms with van der Waals surface area (Å²) in [4.78, 5) is 14.2. The largest absolute Gasteiger partial charge is 0.355 e. The molecule has 2 atom stereocenters. The van der Waals surface area contributed by atoms with Crippen molar-refractivity contribution in [1.82, 2.24) is 10.2 Å². The smallest absolute Gasteiger partial charge is 0.223 e. The maximum atomic E-state index is 12.0. The van der Waals surface area contributed by atoms with Crippen molar-refractivity contribution in [3.05, 3.63) is 0 Å². The Morgan fingerprint density at radius 1 is 1.30 bits per heavy atom. The number of likely N-dealkylation sites (N-methyl/N-ethyl adjacent to an activating group) is 1. The number of rotatable bonds is 7. The van der Waals surface area contributed by atoms with Crippen LogP contribution >= 0.6 is 24.8 Å². The molecule has 3 N–H and O–H groups in total. The zero-order valence-corrected chi connectivity index (χ0v) is 14.4. The first-order valence-corrected chi connectivity index (χ1v) is 7.35. The molecule has 6 heteroatoms. The molecule has 1 amide bonds. The number of amides is 1. The summed E-state index contributed by atoms with van der Waals surface area (Å²) in [5.41, 5.74) is 5.91. The normalized spacial score (nSPS) is 21.8. The van der Waals surface area contributed by atoms with Gasteiger partial charge in [-0.25, -0.2) is 0 Å². The first-order valence-electron chi connectivity index (χ1n) is 7.35. The van der Waals surface area contributed by atoms with E-state index in [0.717, 1.165) is 45.3 Å². The molecule has 1 fully saturated rings. The van der Waals surface area contributed by atoms with Crippen LogP contribution in [-0.2, 0) is 4.79 Å². The maximum Gasteiger partial charge on any atom is 0.223 e. The van der Waals surface area contributed by atoms with Gasteiger partial charge in [-0.2, -0.15) is 0 Å². The van der Waals surface area contributed by atoms with Crippen LogP contribution in [-0.4, -0.2) is 43.5 Å². The molecule has 0 aromatic rings. The number of nitrogens with two attached hydrogens (primary N) is 1. The monoisotopic (exact) mass is 327 g/mol. The first kappa shape index (κ1) is 22.3. The fourth-order valence-corrected chi connectivity index (χ4v) is 2.52. The van der Waals surface area contributed by atoms with Crippen molar-refractivity contribution < 1.29 is 4.79 Å². The molecule has 1 rings (SSSR count). The Labute approximate surface area is 136 Å². The van der Waals surface area contributed by atoms with Gasteiger partial charge in [-0.1, -0.05) is 19.8 Å². The van der Waals surface area contributed by atoms with Crippen LogP contribution in [0.1, 0.15) is 45.4 Å². The molecule has 0 spiro atoms. The standard InChI is InChI=1S/C14H29N3O.2ClH/c1-3-4-9-17(2)10-8-16-14(18)12-6-5-7-13(15)11-12;;/h12-13H,3-11,15H2,1-2H3,(H,16,18);2*1H. The minimum atomic E-state index is 0. The van der Waals surface area contributed by atoms with Gasteiger partial charge < -0.3 is 16.0 Å². The summed E-state index contributed by atoms with van der Waals surface area (Å²) in [5.74, 6) is 0.351. The van der Waals surface area contributed by atoms with E-state index in [0.29, 0.717) is 0 Å². The minimum Gasteiger partial charge on any atom is -0.355 e. The highest BCUT2D eigenvalue weighted by Gasteiger charge is 2.24. The third kappa shape index (κ3) is 9.01. The van der Waals surface area contributed by atoms with Gasteiger partial charge in [0.25, 0.3) is 0 Å². The quantitative estimate of drug-likeness (QED) is 0.753. The molecule has 122 valence electrons. The van der Waals surface area contributed by atoms with E-state index in [-0.39, 0.29) is 42.7 Å². The van der Waals surface area contributed by atoms with E-state index in [4.69, 9.17) is 5.73 Å². The Bertz CT molecular complexity index is 255. The number of nitrogens with one attached hydrogen (secondary N) is 1. The van der Waals surface area contributed by atoms with Crippen LogP contribution in [0.5, 0.6) is 0 Å². The summed E-state index contributed by atoms with van der Waals surface area (Å²) in [7, 11) is 2.11. The van der Waals surface area contributed by atoms with Gasteiger partial charge in [-0.15, -0.1) is 24.8 Å². The summed E-state index contributed by atoms with van der Waals surface area (Å²) >= 11 is 0. The summed E-state index contributed by atoms with van der Waals surface area (Å²) in [6.07, 6.45) is 6.47. The number of carbonyl (C=O) groups is 1. The van der Waals surface area contributed by atoms with Gasteiger partial charge in [0, 0.05) is 25.0 Å². The Hall–Kier alpha value is -0.0300. The molecule has 1 saturated carbocycles. The average molecular weight is 328 g/mol. The van der Waals surface area contributed by atoms with E-state index in [2.05, 4.69) is 24.2 Å². The average Bonchev–Trinajstić information content (AvgIpc) is 2.36. The molecule has 0 radical (unpaired) electrons. The van der Waals surface area contributed by atoms with Gasteiger partial charge in [-0.3, -0.25) is 4.79 Å². The number of unbranched alkanes of at least 4 members (excludes halogenated alkanes) is 1. The lowest BCUT2D eigenvalue weighted by atomic mass is 9.85. The van der Waals surface area contributed by atoms with Gasteiger partial charge in [0.2, 0.25) is 5.91 Å². The Morgan fingerprint density at radius 3 is 2.60 bits per heavy atom. The topological polar surface area (TPSA) is 58.4 Å². The number of carbonyl (C=O) groups excluding carboxylic acids is 1. The molecule has 0 bridgehead atoms. The Morgan fingerprint density at radius 2 is 2.00 bits per heavy atom. The van der Waals surface area contributed by atoms with Crippen LogP contribution in [0.3, 0.4) is 0 Å². The van der Waals surface area contributed by atoms with Gasteiger partial charge in [0.1, 0.15) is 0 Å². The van der Waals surface area contributed by atoms with Crippen molar-refractivity contribution in [2.75, 3.05) is 26.7 Å². The van der Waals surface area contributed by atoms with Crippen molar-refractivity contribution in [3.63, 3.8) is 0 Å². The molecule has 0 heterocycles. The predicted molar refractivity (Wildman–Crippen MR) is 89.8 cm³/mol. The lowest BCUT2D eigenvalue weighted by molar-refractivity contribution is -0.126. The number of hydrogen-bond acceptors (Lipinski definition) is 3. The minimum absolute atomic E-state index is 0. The summed E-state index contributed by atoms with van der Waals surface area (Å²) < 4.78 is 0. The summed E-state index contributed by atoms with van der Waals surface area (Å²) in [6, 6.07) is 0.224. The molecule has 0 aromatic carbocycles. The van der Waals surface area contributed by atoms with Crippen LogP contribution in [0.4, 0.5) is 0 Å². The Balaban J connectivity index is 0. The van der Waals surface area contributed by atoms with E-state index < -0.39 is 0 Å². The first-order chi connectivity index (χ1) is 8.63. The van der Waals surface area contributed by atoms with E-state index in [1.165, 1.54) is 12.8 Å². The van der Waals surface area contributed by atoms with Gasteiger partial charge in [0.05, 0.1) is 0 Å². The van der Waals surface area contributed by atoms with E-state index in [1.807, 2.05) is 0 Å². The van der Waals surface area contributed by atoms with E-state index >= 15 is 0 Å². The Kier molecular flexibility index (Phi) is 14.1. The molecule has 0 aliphatic heterocycles. The molecule has 4 nitrogen and oxygen atoms in total. The van der Waals surface area contributed by atoms with E-state index in [9.17, 15) is 4.79 Å². The highest BCUT2D eigenvalue weighted by Crippen LogP contribution is 2.22. The second-order valence-electron chi connectivity index (χ2n) is 5.57. The predicted octanol–water partition coefficient (Wildman–Crippen LogP) is 2.20. The maximum absolute atomic E-state index is 12.0. The van der Waals surface area contributed by atoms with Crippen LogP contribution in [0.15, 0.2) is 0 Å². The van der Waals surface area contributed by atoms with Crippen LogP contribution in [0, 0.1) is 5.92 Å². The van der Waals surface area contributed by atoms with Crippen LogP contribution in [0.25, 0.3) is 0 Å². The van der Waals surface area contributed by atoms with Crippen molar-refractivity contribution >= 4 is 30.7 Å². The van der Waals surface area contributed by atoms with Crippen LogP contribution < -0.4 is 11.1 Å². The number of hydrogen-bond donors (Lipinski definition) is 2. The molecule has 1 aliphatic rings. The molecule has 20 heavy (non-hydrogen) atoms. The zero-order valence-electron chi connectivity index (χ0n) is 12.8. The van der Waals surface area contributed by atoms with Crippen molar-refractivity contribution in [3.8, 4) is 0 Å².